The molecule has 5 heterocycles. The zero-order valence-corrected chi connectivity index (χ0v) is 34.0. The molecule has 3 aromatic heterocycles. The molecule has 0 N–H and O–H groups in total. The number of fused-ring (bicyclic) bond motifs is 1. The number of hydrogen-bond acceptors (Lipinski definition) is 6. The minimum Gasteiger partial charge on any atom is -0.473 e. The molecule has 0 radical (unpaired) electrons. The number of ether oxygens (including phenoxy) is 2. The molecule has 0 aliphatic carbocycles. The van der Waals surface area contributed by atoms with Gasteiger partial charge in [0.2, 0.25) is 5.88 Å². The van der Waals surface area contributed by atoms with Crippen LogP contribution in [0.3, 0.4) is 0 Å². The van der Waals surface area contributed by atoms with E-state index >= 15 is 0 Å². The third-order valence-corrected chi connectivity index (χ3v) is 18.7. The van der Waals surface area contributed by atoms with Crippen molar-refractivity contribution in [2.24, 2.45) is 14.1 Å². The summed E-state index contributed by atoms with van der Waals surface area (Å²) in [6.07, 6.45) is 7.27. The zero-order chi connectivity index (χ0) is 35.0. The second-order valence-electron chi connectivity index (χ2n) is 15.1. The molecule has 1 unspecified atom stereocenters. The van der Waals surface area contributed by atoms with E-state index in [1.54, 1.807) is 0 Å². The molecule has 2 saturated heterocycles. The molecule has 2 aliphatic rings. The number of rotatable bonds is 9. The number of nitrogens with zero attached hydrogens (tertiary/aromatic N) is 7. The lowest BCUT2D eigenvalue weighted by atomic mass is 10.0. The number of hydrogen-bond donors (Lipinski definition) is 0. The third-order valence-electron chi connectivity index (χ3n) is 11.0. The van der Waals surface area contributed by atoms with Crippen LogP contribution in [-0.4, -0.2) is 68.1 Å². The number of aromatic nitrogens is 6. The fourth-order valence-electron chi connectivity index (χ4n) is 8.38. The van der Waals surface area contributed by atoms with Gasteiger partial charge in [0, 0.05) is 39.2 Å². The highest BCUT2D eigenvalue weighted by Crippen LogP contribution is 2.41. The van der Waals surface area contributed by atoms with Crippen molar-refractivity contribution >= 4 is 41.6 Å². The molecule has 9 nitrogen and oxygen atoms in total. The molecule has 4 aromatic rings. The predicted octanol–water partition coefficient (Wildman–Crippen LogP) is 8.40. The van der Waals surface area contributed by atoms with E-state index < -0.39 is 8.07 Å². The lowest BCUT2D eigenvalue weighted by molar-refractivity contribution is -0.0367. The van der Waals surface area contributed by atoms with E-state index in [9.17, 15) is 0 Å². The van der Waals surface area contributed by atoms with Gasteiger partial charge in [-0.25, -0.2) is 9.36 Å². The number of likely N-dealkylation sites (tertiary alicyclic amines) is 1. The van der Waals surface area contributed by atoms with E-state index in [1.807, 2.05) is 29.7 Å². The van der Waals surface area contributed by atoms with Gasteiger partial charge in [0.15, 0.2) is 6.23 Å². The fourth-order valence-corrected chi connectivity index (χ4v) is 14.2. The van der Waals surface area contributed by atoms with Crippen molar-refractivity contribution < 1.29 is 9.47 Å². The van der Waals surface area contributed by atoms with Crippen LogP contribution in [0.5, 0.6) is 5.88 Å². The number of benzene rings is 1. The average Bonchev–Trinajstić information content (AvgIpc) is 3.70. The van der Waals surface area contributed by atoms with Gasteiger partial charge in [-0.1, -0.05) is 53.5 Å². The topological polar surface area (TPSA) is 75.2 Å². The molecule has 11 heteroatoms. The maximum absolute atomic E-state index is 6.83. The van der Waals surface area contributed by atoms with E-state index in [4.69, 9.17) is 14.6 Å². The van der Waals surface area contributed by atoms with Crippen LogP contribution >= 0.6 is 22.6 Å². The first-order chi connectivity index (χ1) is 23.4. The van der Waals surface area contributed by atoms with Gasteiger partial charge >= 0.3 is 0 Å². The molecule has 1 aromatic carbocycles. The van der Waals surface area contributed by atoms with Gasteiger partial charge in [0.05, 0.1) is 32.2 Å². The number of halogens is 1. The summed E-state index contributed by atoms with van der Waals surface area (Å²) in [6, 6.07) is 6.62. The molecule has 2 fully saturated rings. The van der Waals surface area contributed by atoms with Crippen molar-refractivity contribution in [3.63, 3.8) is 0 Å². The van der Waals surface area contributed by atoms with Crippen LogP contribution in [0.1, 0.15) is 97.0 Å². The van der Waals surface area contributed by atoms with Gasteiger partial charge in [-0.15, -0.1) is 5.54 Å². The fraction of sp³-hybridized carbons (Fsp3) is 0.605. The first-order valence-electron chi connectivity index (χ1n) is 18.2. The summed E-state index contributed by atoms with van der Waals surface area (Å²) in [7, 11) is 2.06. The van der Waals surface area contributed by atoms with Gasteiger partial charge in [0.1, 0.15) is 19.9 Å². The molecule has 2 atom stereocenters. The van der Waals surface area contributed by atoms with Gasteiger partial charge in [-0.05, 0) is 102 Å². The maximum Gasteiger partial charge on any atom is 0.219 e. The number of aryl methyl sites for hydroxylation is 3. The molecule has 0 spiro atoms. The summed E-state index contributed by atoms with van der Waals surface area (Å²) in [5, 5.41) is 15.6. The first-order valence-corrected chi connectivity index (χ1v) is 21.5. The Hall–Kier alpha value is -2.66. The third kappa shape index (κ3) is 7.12. The lowest BCUT2D eigenvalue weighted by Crippen LogP contribution is -2.43. The molecule has 0 amide bonds. The standard InChI is InChI=1S/C38H54IN7O2Si/c1-25(2)49(26(3)4,27(5)6)20-17-33-31-21-29(15-16-34(31)46(42-33)36-14-10-11-19-47-36)32-22-40-44(9)38(32)48-30-13-12-18-45(23-30)24-35-37(39)28(7)41-43(35)8/h15-16,21-22,25-27,30,36H,10-14,18-19,23-24H2,1-9H3/t30-,36?/m1/s1. The highest BCUT2D eigenvalue weighted by Gasteiger charge is 2.42. The number of piperidine rings is 1. The van der Waals surface area contributed by atoms with Crippen LogP contribution in [0.2, 0.25) is 16.6 Å². The second kappa shape index (κ2) is 14.9. The van der Waals surface area contributed by atoms with E-state index in [0.29, 0.717) is 16.6 Å². The van der Waals surface area contributed by atoms with Gasteiger partial charge in [0.25, 0.3) is 0 Å². The summed E-state index contributed by atoms with van der Waals surface area (Å²) >= 11 is 2.43. The Bertz CT molecular complexity index is 1820. The average molecular weight is 796 g/mol. The Morgan fingerprint density at radius 2 is 1.76 bits per heavy atom. The highest BCUT2D eigenvalue weighted by atomic mass is 127. The van der Waals surface area contributed by atoms with Crippen LogP contribution in [0.25, 0.3) is 22.0 Å². The maximum atomic E-state index is 6.83. The van der Waals surface area contributed by atoms with Crippen molar-refractivity contribution in [3.05, 3.63) is 45.0 Å². The second-order valence-corrected chi connectivity index (χ2v) is 21.7. The van der Waals surface area contributed by atoms with Crippen molar-refractivity contribution in [3.8, 4) is 28.5 Å². The van der Waals surface area contributed by atoms with Crippen molar-refractivity contribution in [1.29, 1.82) is 0 Å². The van der Waals surface area contributed by atoms with Crippen LogP contribution in [0.4, 0.5) is 0 Å². The Morgan fingerprint density at radius 3 is 2.41 bits per heavy atom. The molecule has 264 valence electrons. The SMILES string of the molecule is Cc1nn(C)c(CN2CCC[C@@H](Oc3c(-c4ccc5c(c4)c(C#C[Si](C(C)C)(C(C)C)C(C)C)nn5C4CCCCO4)cnn3C)C2)c1I. The molecular formula is C38H54IN7O2Si. The smallest absolute Gasteiger partial charge is 0.219 e. The lowest BCUT2D eigenvalue weighted by Gasteiger charge is -2.38. The summed E-state index contributed by atoms with van der Waals surface area (Å²) in [4.78, 5) is 2.50. The normalized spacial score (nSPS) is 19.3. The molecule has 49 heavy (non-hydrogen) atoms. The van der Waals surface area contributed by atoms with Crippen LogP contribution in [-0.2, 0) is 25.4 Å². The minimum absolute atomic E-state index is 0.0648. The molecule has 6 rings (SSSR count). The van der Waals surface area contributed by atoms with Crippen LogP contribution < -0.4 is 4.74 Å². The van der Waals surface area contributed by atoms with Crippen molar-refractivity contribution in [2.75, 3.05) is 19.7 Å². The summed E-state index contributed by atoms with van der Waals surface area (Å²) in [5.41, 5.74) is 11.9. The zero-order valence-electron chi connectivity index (χ0n) is 30.9. The molecular weight excluding hydrogens is 741 g/mol. The summed E-state index contributed by atoms with van der Waals surface area (Å²) in [5.74, 6) is 4.49. The Labute approximate surface area is 307 Å². The van der Waals surface area contributed by atoms with E-state index in [-0.39, 0.29) is 12.3 Å². The van der Waals surface area contributed by atoms with E-state index in [0.717, 1.165) is 97.6 Å². The largest absolute Gasteiger partial charge is 0.473 e. The Morgan fingerprint density at radius 1 is 1.00 bits per heavy atom. The van der Waals surface area contributed by atoms with Gasteiger partial charge in [-0.2, -0.15) is 15.3 Å². The molecule has 0 saturated carbocycles. The molecule has 0 bridgehead atoms. The van der Waals surface area contributed by atoms with E-state index in [2.05, 4.69) is 120 Å². The first kappa shape index (κ1) is 36.1. The Kier molecular flexibility index (Phi) is 11.0. The molecule has 2 aliphatic heterocycles. The van der Waals surface area contributed by atoms with Gasteiger partial charge < -0.3 is 9.47 Å². The highest BCUT2D eigenvalue weighted by molar-refractivity contribution is 14.1. The Balaban J connectivity index is 1.34. The monoisotopic (exact) mass is 795 g/mol. The quantitative estimate of drug-likeness (QED) is 0.0964. The predicted molar refractivity (Wildman–Crippen MR) is 208 cm³/mol. The van der Waals surface area contributed by atoms with Crippen molar-refractivity contribution in [2.45, 2.75) is 116 Å². The summed E-state index contributed by atoms with van der Waals surface area (Å²) < 4.78 is 20.3. The minimum atomic E-state index is -1.96. The van der Waals surface area contributed by atoms with Gasteiger partial charge in [-0.3, -0.25) is 9.58 Å². The van der Waals surface area contributed by atoms with E-state index in [1.165, 1.54) is 9.26 Å². The summed E-state index contributed by atoms with van der Waals surface area (Å²) in [6.45, 7) is 19.8. The van der Waals surface area contributed by atoms with Crippen LogP contribution in [0, 0.1) is 22.0 Å². The van der Waals surface area contributed by atoms with Crippen molar-refractivity contribution in [1.82, 2.24) is 34.2 Å². The van der Waals surface area contributed by atoms with Crippen LogP contribution in [0.15, 0.2) is 24.4 Å².